The van der Waals surface area contributed by atoms with E-state index in [1.165, 1.54) is 0 Å². The number of hydrogen-bond acceptors (Lipinski definition) is 3. The Morgan fingerprint density at radius 2 is 2.36 bits per heavy atom. The second kappa shape index (κ2) is 6.32. The summed E-state index contributed by atoms with van der Waals surface area (Å²) in [5.41, 5.74) is 3.62. The van der Waals surface area contributed by atoms with Crippen LogP contribution in [-0.4, -0.2) is 34.7 Å². The van der Waals surface area contributed by atoms with E-state index in [-0.39, 0.29) is 12.0 Å². The number of aryl methyl sites for hydroxylation is 1. The van der Waals surface area contributed by atoms with E-state index in [0.717, 1.165) is 36.5 Å². The van der Waals surface area contributed by atoms with Gasteiger partial charge in [-0.2, -0.15) is 0 Å². The fourth-order valence-corrected chi connectivity index (χ4v) is 2.98. The number of ether oxygens (including phenoxy) is 1. The summed E-state index contributed by atoms with van der Waals surface area (Å²) in [6, 6.07) is 5.81. The molecule has 0 aliphatic carbocycles. The van der Waals surface area contributed by atoms with E-state index >= 15 is 0 Å². The number of amides is 1. The number of nitrogens with zero attached hydrogens (tertiary/aromatic N) is 2. The van der Waals surface area contributed by atoms with Crippen molar-refractivity contribution in [2.24, 2.45) is 0 Å². The first-order valence-corrected chi connectivity index (χ1v) is 7.66. The smallest absolute Gasteiger partial charge is 0.253 e. The fraction of sp³-hybridized carbons (Fsp3) is 0.412. The summed E-state index contributed by atoms with van der Waals surface area (Å²) in [4.78, 5) is 16.6. The van der Waals surface area contributed by atoms with Crippen LogP contribution in [0, 0.1) is 13.8 Å². The highest BCUT2D eigenvalue weighted by Gasteiger charge is 2.20. The van der Waals surface area contributed by atoms with Crippen LogP contribution in [0.5, 0.6) is 0 Å². The van der Waals surface area contributed by atoms with Crippen molar-refractivity contribution in [1.29, 1.82) is 0 Å². The second-order valence-corrected chi connectivity index (χ2v) is 5.68. The van der Waals surface area contributed by atoms with Gasteiger partial charge in [0, 0.05) is 30.7 Å². The minimum absolute atomic E-state index is 0.0428. The zero-order valence-corrected chi connectivity index (χ0v) is 13.0. The first kappa shape index (κ1) is 14.8. The molecule has 1 aliphatic heterocycles. The lowest BCUT2D eigenvalue weighted by Crippen LogP contribution is -2.32. The molecule has 0 saturated carbocycles. The minimum Gasteiger partial charge on any atom is -0.376 e. The molecule has 0 spiro atoms. The number of aromatic nitrogens is 2. The van der Waals surface area contributed by atoms with E-state index in [4.69, 9.17) is 4.74 Å². The van der Waals surface area contributed by atoms with E-state index in [9.17, 15) is 4.79 Å². The molecule has 0 radical (unpaired) electrons. The fourth-order valence-electron chi connectivity index (χ4n) is 2.98. The van der Waals surface area contributed by atoms with E-state index in [1.54, 1.807) is 12.4 Å². The molecule has 1 N–H and O–H groups in total. The van der Waals surface area contributed by atoms with Crippen LogP contribution < -0.4 is 5.32 Å². The number of pyridine rings is 1. The van der Waals surface area contributed by atoms with Crippen molar-refractivity contribution >= 4 is 5.91 Å². The molecule has 1 atom stereocenters. The molecule has 5 nitrogen and oxygen atoms in total. The van der Waals surface area contributed by atoms with Crippen molar-refractivity contribution in [2.75, 3.05) is 13.2 Å². The molecule has 0 unspecified atom stereocenters. The lowest BCUT2D eigenvalue weighted by Gasteiger charge is -2.11. The summed E-state index contributed by atoms with van der Waals surface area (Å²) < 4.78 is 7.59. The summed E-state index contributed by atoms with van der Waals surface area (Å²) in [6.07, 6.45) is 5.80. The van der Waals surface area contributed by atoms with Gasteiger partial charge in [-0.3, -0.25) is 9.78 Å². The number of rotatable bonds is 4. The maximum atomic E-state index is 12.4. The number of carbonyl (C=O) groups excluding carboxylic acids is 1. The SMILES string of the molecule is Cc1cc(C(=O)NC[C@@H]2CCCO2)c(C)n1-c1cccnc1. The highest BCUT2D eigenvalue weighted by Crippen LogP contribution is 2.20. The van der Waals surface area contributed by atoms with Crippen molar-refractivity contribution in [3.05, 3.63) is 47.5 Å². The van der Waals surface area contributed by atoms with E-state index in [1.807, 2.05) is 36.6 Å². The Labute approximate surface area is 130 Å². The molecule has 3 heterocycles. The summed E-state index contributed by atoms with van der Waals surface area (Å²) in [5.74, 6) is -0.0428. The predicted molar refractivity (Wildman–Crippen MR) is 84.3 cm³/mol. The number of hydrogen-bond donors (Lipinski definition) is 1. The Bertz CT molecular complexity index is 658. The molecule has 2 aromatic heterocycles. The molecule has 3 rings (SSSR count). The Hall–Kier alpha value is -2.14. The molecule has 22 heavy (non-hydrogen) atoms. The van der Waals surface area contributed by atoms with Gasteiger partial charge in [0.15, 0.2) is 0 Å². The van der Waals surface area contributed by atoms with Crippen LogP contribution in [0.1, 0.15) is 34.6 Å². The van der Waals surface area contributed by atoms with Crippen LogP contribution in [0.3, 0.4) is 0 Å². The Kier molecular flexibility index (Phi) is 4.24. The van der Waals surface area contributed by atoms with Gasteiger partial charge in [-0.25, -0.2) is 0 Å². The van der Waals surface area contributed by atoms with Crippen LogP contribution in [0.25, 0.3) is 5.69 Å². The molecule has 0 bridgehead atoms. The molecule has 116 valence electrons. The average molecular weight is 299 g/mol. The number of carbonyl (C=O) groups is 1. The van der Waals surface area contributed by atoms with Crippen LogP contribution in [0.15, 0.2) is 30.6 Å². The Morgan fingerprint density at radius 3 is 3.05 bits per heavy atom. The van der Waals surface area contributed by atoms with E-state index < -0.39 is 0 Å². The van der Waals surface area contributed by atoms with Gasteiger partial charge >= 0.3 is 0 Å². The molecular formula is C17H21N3O2. The van der Waals surface area contributed by atoms with Crippen molar-refractivity contribution in [2.45, 2.75) is 32.8 Å². The van der Waals surface area contributed by atoms with Crippen molar-refractivity contribution in [3.8, 4) is 5.69 Å². The zero-order chi connectivity index (χ0) is 15.5. The third-order valence-electron chi connectivity index (χ3n) is 4.09. The lowest BCUT2D eigenvalue weighted by atomic mass is 10.2. The lowest BCUT2D eigenvalue weighted by molar-refractivity contribution is 0.0857. The Balaban J connectivity index is 1.78. The highest BCUT2D eigenvalue weighted by atomic mass is 16.5. The summed E-state index contributed by atoms with van der Waals surface area (Å²) in [6.45, 7) is 5.34. The maximum absolute atomic E-state index is 12.4. The van der Waals surface area contributed by atoms with Crippen LogP contribution in [0.2, 0.25) is 0 Å². The normalized spacial score (nSPS) is 17.6. The molecule has 5 heteroatoms. The maximum Gasteiger partial charge on any atom is 0.253 e. The largest absolute Gasteiger partial charge is 0.376 e. The van der Waals surface area contributed by atoms with E-state index in [0.29, 0.717) is 12.1 Å². The van der Waals surface area contributed by atoms with Gasteiger partial charge in [-0.05, 0) is 44.9 Å². The second-order valence-electron chi connectivity index (χ2n) is 5.68. The molecule has 1 fully saturated rings. The molecule has 1 saturated heterocycles. The summed E-state index contributed by atoms with van der Waals surface area (Å²) in [7, 11) is 0. The van der Waals surface area contributed by atoms with Gasteiger partial charge in [0.1, 0.15) is 0 Å². The monoisotopic (exact) mass is 299 g/mol. The molecule has 2 aromatic rings. The van der Waals surface area contributed by atoms with Crippen LogP contribution in [0.4, 0.5) is 0 Å². The average Bonchev–Trinajstić information content (AvgIpc) is 3.14. The predicted octanol–water partition coefficient (Wildman–Crippen LogP) is 2.40. The molecule has 0 aromatic carbocycles. The number of nitrogens with one attached hydrogen (secondary N) is 1. The summed E-state index contributed by atoms with van der Waals surface area (Å²) in [5, 5.41) is 2.98. The van der Waals surface area contributed by atoms with Gasteiger partial charge in [-0.15, -0.1) is 0 Å². The first-order chi connectivity index (χ1) is 10.7. The van der Waals surface area contributed by atoms with Gasteiger partial charge in [0.25, 0.3) is 5.91 Å². The third-order valence-corrected chi connectivity index (χ3v) is 4.09. The van der Waals surface area contributed by atoms with E-state index in [2.05, 4.69) is 10.3 Å². The van der Waals surface area contributed by atoms with Crippen LogP contribution >= 0.6 is 0 Å². The zero-order valence-electron chi connectivity index (χ0n) is 13.0. The third kappa shape index (κ3) is 2.90. The molecule has 1 amide bonds. The molecule has 1 aliphatic rings. The van der Waals surface area contributed by atoms with Crippen LogP contribution in [-0.2, 0) is 4.74 Å². The first-order valence-electron chi connectivity index (χ1n) is 7.66. The van der Waals surface area contributed by atoms with Crippen molar-refractivity contribution in [3.63, 3.8) is 0 Å². The minimum atomic E-state index is -0.0428. The summed E-state index contributed by atoms with van der Waals surface area (Å²) >= 11 is 0. The highest BCUT2D eigenvalue weighted by molar-refractivity contribution is 5.95. The van der Waals surface area contributed by atoms with Gasteiger partial charge in [-0.1, -0.05) is 0 Å². The topological polar surface area (TPSA) is 56.1 Å². The quantitative estimate of drug-likeness (QED) is 0.943. The van der Waals surface area contributed by atoms with Crippen molar-refractivity contribution < 1.29 is 9.53 Å². The van der Waals surface area contributed by atoms with Gasteiger partial charge < -0.3 is 14.6 Å². The van der Waals surface area contributed by atoms with Gasteiger partial charge in [0.2, 0.25) is 0 Å². The molecular weight excluding hydrogens is 278 g/mol. The van der Waals surface area contributed by atoms with Gasteiger partial charge in [0.05, 0.1) is 23.6 Å². The van der Waals surface area contributed by atoms with Crippen molar-refractivity contribution in [1.82, 2.24) is 14.9 Å². The Morgan fingerprint density at radius 1 is 1.50 bits per heavy atom. The standard InChI is InChI=1S/C17H21N3O2/c1-12-9-16(17(21)19-11-15-6-4-8-22-15)13(2)20(12)14-5-3-7-18-10-14/h3,5,7,9-10,15H,4,6,8,11H2,1-2H3,(H,19,21)/t15-/m0/s1.